The van der Waals surface area contributed by atoms with E-state index < -0.39 is 0 Å². The van der Waals surface area contributed by atoms with Crippen molar-refractivity contribution >= 4 is 40.0 Å². The number of fused-ring (bicyclic) bond motifs is 1. The van der Waals surface area contributed by atoms with Crippen molar-refractivity contribution in [1.82, 2.24) is 19.7 Å². The fourth-order valence-corrected chi connectivity index (χ4v) is 4.94. The minimum absolute atomic E-state index is 0.0830. The summed E-state index contributed by atoms with van der Waals surface area (Å²) in [4.78, 5) is 16.1. The Balaban J connectivity index is 1.48. The number of hydrogen-bond donors (Lipinski definition) is 1. The molecule has 7 heteroatoms. The van der Waals surface area contributed by atoms with Crippen molar-refractivity contribution in [3.05, 3.63) is 65.3 Å². The van der Waals surface area contributed by atoms with Crippen molar-refractivity contribution in [3.8, 4) is 11.4 Å². The molecule has 2 heterocycles. The van der Waals surface area contributed by atoms with E-state index in [2.05, 4.69) is 26.7 Å². The number of carbonyl (C=O) groups excluding carboxylic acids is 1. The number of rotatable bonds is 12. The lowest BCUT2D eigenvalue weighted by molar-refractivity contribution is 0.102. The van der Waals surface area contributed by atoms with Crippen LogP contribution in [0.25, 0.3) is 22.3 Å². The lowest BCUT2D eigenvalue weighted by Crippen LogP contribution is -2.06. The van der Waals surface area contributed by atoms with Gasteiger partial charge in [0.1, 0.15) is 0 Å². The third-order valence-corrected chi connectivity index (χ3v) is 7.00. The van der Waals surface area contributed by atoms with Crippen molar-refractivity contribution in [1.29, 1.82) is 0 Å². The number of halogens is 1. The maximum Gasteiger partial charge on any atom is 0.191 e. The summed E-state index contributed by atoms with van der Waals surface area (Å²) >= 11 is 7.53. The van der Waals surface area contributed by atoms with Crippen LogP contribution in [0.5, 0.6) is 0 Å². The Bertz CT molecular complexity index is 1200. The summed E-state index contributed by atoms with van der Waals surface area (Å²) in [5.74, 6) is 1.22. The molecule has 0 aliphatic rings. The van der Waals surface area contributed by atoms with Crippen molar-refractivity contribution in [2.75, 3.05) is 5.75 Å². The smallest absolute Gasteiger partial charge is 0.191 e. The number of carbonyl (C=O) groups is 1. The van der Waals surface area contributed by atoms with E-state index >= 15 is 0 Å². The Labute approximate surface area is 204 Å². The first-order valence-electron chi connectivity index (χ1n) is 11.6. The first-order chi connectivity index (χ1) is 16.2. The Kier molecular flexibility index (Phi) is 8.24. The van der Waals surface area contributed by atoms with Crippen LogP contribution in [0, 0.1) is 0 Å². The van der Waals surface area contributed by atoms with Crippen LogP contribution in [0.15, 0.2) is 59.9 Å². The first kappa shape index (κ1) is 23.6. The van der Waals surface area contributed by atoms with Gasteiger partial charge in [-0.1, -0.05) is 80.6 Å². The molecule has 0 unspecified atom stereocenters. The zero-order chi connectivity index (χ0) is 23.0. The number of ketones is 1. The number of Topliss-reactive ketones (excluding diaryl/α,β-unsaturated/α-hetero) is 1. The molecular formula is C26H29ClN4OS. The molecule has 0 radical (unpaired) electrons. The van der Waals surface area contributed by atoms with E-state index in [1.54, 1.807) is 6.20 Å². The number of nitrogens with zero attached hydrogens (tertiary/aromatic N) is 3. The summed E-state index contributed by atoms with van der Waals surface area (Å²) in [5, 5.41) is 11.3. The topological polar surface area (TPSA) is 63.6 Å². The average Bonchev–Trinajstić information content (AvgIpc) is 3.44. The van der Waals surface area contributed by atoms with Gasteiger partial charge in [0.2, 0.25) is 0 Å². The Morgan fingerprint density at radius 3 is 2.58 bits per heavy atom. The second-order valence-electron chi connectivity index (χ2n) is 8.19. The number of unbranched alkanes of at least 4 members (excludes halogenated alkanes) is 5. The molecule has 0 atom stereocenters. The summed E-state index contributed by atoms with van der Waals surface area (Å²) in [5.41, 5.74) is 2.67. The molecule has 0 fully saturated rings. The van der Waals surface area contributed by atoms with Crippen molar-refractivity contribution in [3.63, 3.8) is 0 Å². The minimum atomic E-state index is 0.0830. The number of thioether (sulfide) groups is 1. The van der Waals surface area contributed by atoms with Gasteiger partial charge >= 0.3 is 0 Å². The molecule has 0 amide bonds. The van der Waals surface area contributed by atoms with Gasteiger partial charge in [-0.15, -0.1) is 10.2 Å². The van der Waals surface area contributed by atoms with Crippen molar-refractivity contribution in [2.45, 2.75) is 57.1 Å². The number of hydrogen-bond acceptors (Lipinski definition) is 4. The maximum atomic E-state index is 13.0. The molecule has 2 aromatic heterocycles. The van der Waals surface area contributed by atoms with Crippen LogP contribution in [0.1, 0.15) is 55.8 Å². The molecule has 4 rings (SSSR count). The number of H-pyrrole nitrogens is 1. The molecule has 33 heavy (non-hydrogen) atoms. The Hall–Kier alpha value is -2.57. The van der Waals surface area contributed by atoms with Crippen LogP contribution in [0.4, 0.5) is 0 Å². The van der Waals surface area contributed by atoms with Crippen LogP contribution < -0.4 is 0 Å². The zero-order valence-electron chi connectivity index (χ0n) is 18.9. The highest BCUT2D eigenvalue weighted by Gasteiger charge is 2.18. The van der Waals surface area contributed by atoms with E-state index in [0.29, 0.717) is 10.8 Å². The number of nitrogens with one attached hydrogen (secondary N) is 1. The Morgan fingerprint density at radius 1 is 1.00 bits per heavy atom. The average molecular weight is 481 g/mol. The van der Waals surface area contributed by atoms with Gasteiger partial charge in [0.05, 0.1) is 5.75 Å². The molecule has 0 aliphatic carbocycles. The van der Waals surface area contributed by atoms with Gasteiger partial charge < -0.3 is 9.55 Å². The zero-order valence-corrected chi connectivity index (χ0v) is 20.5. The molecule has 0 bridgehead atoms. The number of aromatic nitrogens is 4. The maximum absolute atomic E-state index is 13.0. The Morgan fingerprint density at radius 2 is 1.76 bits per heavy atom. The highest BCUT2D eigenvalue weighted by molar-refractivity contribution is 7.99. The monoisotopic (exact) mass is 480 g/mol. The summed E-state index contributed by atoms with van der Waals surface area (Å²) in [6.07, 6.45) is 9.10. The summed E-state index contributed by atoms with van der Waals surface area (Å²) < 4.78 is 2.15. The van der Waals surface area contributed by atoms with E-state index in [1.807, 2.05) is 48.5 Å². The molecule has 0 spiro atoms. The van der Waals surface area contributed by atoms with Crippen LogP contribution in [0.2, 0.25) is 5.02 Å². The van der Waals surface area contributed by atoms with Gasteiger partial charge in [-0.2, -0.15) is 0 Å². The SMILES string of the molecule is CCCCCCCCn1c(SCC(=O)c2c[nH]c3ccccc23)nnc1-c1ccc(Cl)cc1. The predicted octanol–water partition coefficient (Wildman–Crippen LogP) is 7.42. The van der Waals surface area contributed by atoms with E-state index in [4.69, 9.17) is 11.6 Å². The molecular weight excluding hydrogens is 452 g/mol. The molecule has 172 valence electrons. The molecule has 0 saturated heterocycles. The van der Waals surface area contributed by atoms with Gasteiger partial charge in [-0.3, -0.25) is 4.79 Å². The van der Waals surface area contributed by atoms with E-state index in [0.717, 1.165) is 46.0 Å². The van der Waals surface area contributed by atoms with Crippen LogP contribution >= 0.6 is 23.4 Å². The van der Waals surface area contributed by atoms with Gasteiger partial charge in [-0.25, -0.2) is 0 Å². The third kappa shape index (κ3) is 5.87. The summed E-state index contributed by atoms with van der Waals surface area (Å²) in [6.45, 7) is 3.07. The lowest BCUT2D eigenvalue weighted by atomic mass is 10.1. The minimum Gasteiger partial charge on any atom is -0.360 e. The third-order valence-electron chi connectivity index (χ3n) is 5.78. The summed E-state index contributed by atoms with van der Waals surface area (Å²) in [6, 6.07) is 15.5. The number of para-hydroxylation sites is 1. The normalized spacial score (nSPS) is 11.3. The standard InChI is InChI=1S/C26H29ClN4OS/c1-2-3-4-5-6-9-16-31-25(19-12-14-20(27)15-13-19)29-30-26(31)33-18-24(32)22-17-28-23-11-8-7-10-21(22)23/h7-8,10-15,17,28H,2-6,9,16,18H2,1H3. The number of benzene rings is 2. The van der Waals surface area contributed by atoms with E-state index in [-0.39, 0.29) is 5.78 Å². The molecule has 0 saturated carbocycles. The van der Waals surface area contributed by atoms with Gasteiger partial charge in [-0.05, 0) is 36.8 Å². The van der Waals surface area contributed by atoms with Crippen molar-refractivity contribution in [2.24, 2.45) is 0 Å². The molecule has 4 aromatic rings. The van der Waals surface area contributed by atoms with Gasteiger partial charge in [0.15, 0.2) is 16.8 Å². The largest absolute Gasteiger partial charge is 0.360 e. The molecule has 0 aliphatic heterocycles. The lowest BCUT2D eigenvalue weighted by Gasteiger charge is -2.10. The van der Waals surface area contributed by atoms with E-state index in [9.17, 15) is 4.79 Å². The summed E-state index contributed by atoms with van der Waals surface area (Å²) in [7, 11) is 0. The molecule has 1 N–H and O–H groups in total. The second-order valence-corrected chi connectivity index (χ2v) is 9.57. The van der Waals surface area contributed by atoms with Crippen LogP contribution in [-0.2, 0) is 6.54 Å². The predicted molar refractivity (Wildman–Crippen MR) is 137 cm³/mol. The van der Waals surface area contributed by atoms with Crippen molar-refractivity contribution < 1.29 is 4.79 Å². The van der Waals surface area contributed by atoms with Crippen LogP contribution in [0.3, 0.4) is 0 Å². The fraction of sp³-hybridized carbons (Fsp3) is 0.346. The molecule has 2 aromatic carbocycles. The molecule has 5 nitrogen and oxygen atoms in total. The highest BCUT2D eigenvalue weighted by Crippen LogP contribution is 2.27. The van der Waals surface area contributed by atoms with Gasteiger partial charge in [0.25, 0.3) is 0 Å². The van der Waals surface area contributed by atoms with E-state index in [1.165, 1.54) is 43.9 Å². The van der Waals surface area contributed by atoms with Gasteiger partial charge in [0, 0.05) is 39.8 Å². The quantitative estimate of drug-likeness (QED) is 0.130. The highest BCUT2D eigenvalue weighted by atomic mass is 35.5. The second kappa shape index (κ2) is 11.5. The fourth-order valence-electron chi connectivity index (χ4n) is 3.97. The van der Waals surface area contributed by atoms with Crippen LogP contribution in [-0.4, -0.2) is 31.3 Å². The number of aromatic amines is 1. The first-order valence-corrected chi connectivity index (χ1v) is 12.9.